The molecule has 1 aromatic rings. The standard InChI is InChI=1S/C10H5F6NO/c11-9(12,13)7-2-1-3-8(10(14,15)16)6(7)4-17-5-18/h1-3H,4H2. The average Bonchev–Trinajstić information content (AvgIpc) is 2.23. The van der Waals surface area contributed by atoms with Gasteiger partial charge in [-0.15, -0.1) is 0 Å². The van der Waals surface area contributed by atoms with Crippen LogP contribution >= 0.6 is 0 Å². The fraction of sp³-hybridized carbons (Fsp3) is 0.300. The van der Waals surface area contributed by atoms with Crippen molar-refractivity contribution in [2.75, 3.05) is 0 Å². The molecular weight excluding hydrogens is 264 g/mol. The molecule has 0 aliphatic heterocycles. The van der Waals surface area contributed by atoms with Gasteiger partial charge in [0.05, 0.1) is 17.7 Å². The smallest absolute Gasteiger partial charge is 0.211 e. The number of rotatable bonds is 2. The number of halogens is 6. The molecule has 0 bridgehead atoms. The zero-order valence-corrected chi connectivity index (χ0v) is 8.56. The highest BCUT2D eigenvalue weighted by Crippen LogP contribution is 2.39. The fourth-order valence-electron chi connectivity index (χ4n) is 1.40. The SMILES string of the molecule is O=C=NCc1c(C(F)(F)F)cccc1C(F)(F)F. The molecule has 0 fully saturated rings. The number of isocyanates is 1. The second-order valence-electron chi connectivity index (χ2n) is 3.23. The van der Waals surface area contributed by atoms with Gasteiger partial charge in [-0.1, -0.05) is 6.07 Å². The maximum atomic E-state index is 12.5. The topological polar surface area (TPSA) is 29.4 Å². The first-order chi connectivity index (χ1) is 8.18. The Bertz CT molecular complexity index is 452. The van der Waals surface area contributed by atoms with E-state index in [0.717, 1.165) is 6.08 Å². The molecule has 0 saturated heterocycles. The third-order valence-electron chi connectivity index (χ3n) is 2.09. The van der Waals surface area contributed by atoms with Gasteiger partial charge in [0.15, 0.2) is 0 Å². The number of alkyl halides is 6. The average molecular weight is 269 g/mol. The number of hydrogen-bond donors (Lipinski definition) is 0. The second-order valence-corrected chi connectivity index (χ2v) is 3.23. The van der Waals surface area contributed by atoms with Gasteiger partial charge in [0.1, 0.15) is 0 Å². The molecule has 0 spiro atoms. The molecule has 1 rings (SSSR count). The van der Waals surface area contributed by atoms with Gasteiger partial charge < -0.3 is 0 Å². The molecule has 0 aliphatic carbocycles. The minimum absolute atomic E-state index is 0.505. The summed E-state index contributed by atoms with van der Waals surface area (Å²) in [5.41, 5.74) is -4.01. The lowest BCUT2D eigenvalue weighted by molar-refractivity contribution is -0.144. The molecule has 0 aromatic heterocycles. The van der Waals surface area contributed by atoms with Crippen molar-refractivity contribution >= 4 is 6.08 Å². The first-order valence-corrected chi connectivity index (χ1v) is 4.48. The molecule has 0 saturated carbocycles. The third kappa shape index (κ3) is 3.10. The van der Waals surface area contributed by atoms with Crippen molar-refractivity contribution in [3.8, 4) is 0 Å². The van der Waals surface area contributed by atoms with Gasteiger partial charge in [-0.3, -0.25) is 0 Å². The highest BCUT2D eigenvalue weighted by Gasteiger charge is 2.40. The van der Waals surface area contributed by atoms with Gasteiger partial charge in [0, 0.05) is 0 Å². The predicted molar refractivity (Wildman–Crippen MR) is 48.3 cm³/mol. The number of nitrogens with zero attached hydrogens (tertiary/aromatic N) is 1. The molecule has 0 unspecified atom stereocenters. The van der Waals surface area contributed by atoms with Gasteiger partial charge in [0.25, 0.3) is 0 Å². The van der Waals surface area contributed by atoms with E-state index in [0.29, 0.717) is 18.2 Å². The molecule has 98 valence electrons. The minimum atomic E-state index is -4.95. The Morgan fingerprint density at radius 1 is 1.00 bits per heavy atom. The molecule has 0 heterocycles. The Labute approximate surface area is 96.9 Å². The normalized spacial score (nSPS) is 12.1. The van der Waals surface area contributed by atoms with E-state index in [9.17, 15) is 31.1 Å². The van der Waals surface area contributed by atoms with Crippen molar-refractivity contribution in [2.24, 2.45) is 4.99 Å². The van der Waals surface area contributed by atoms with E-state index in [1.165, 1.54) is 0 Å². The second kappa shape index (κ2) is 4.81. The Kier molecular flexibility index (Phi) is 3.81. The molecule has 0 atom stereocenters. The fourth-order valence-corrected chi connectivity index (χ4v) is 1.40. The van der Waals surface area contributed by atoms with E-state index < -0.39 is 35.6 Å². The number of aliphatic imine (C=N–C) groups is 1. The summed E-state index contributed by atoms with van der Waals surface area (Å²) in [6.45, 7) is -1.02. The molecule has 1 aromatic carbocycles. The van der Waals surface area contributed by atoms with Crippen LogP contribution in [-0.2, 0) is 23.7 Å². The van der Waals surface area contributed by atoms with Crippen LogP contribution in [0.15, 0.2) is 23.2 Å². The van der Waals surface area contributed by atoms with E-state index in [1.807, 2.05) is 0 Å². The van der Waals surface area contributed by atoms with Crippen LogP contribution in [-0.4, -0.2) is 6.08 Å². The summed E-state index contributed by atoms with van der Waals surface area (Å²) < 4.78 is 75.2. The molecule has 2 nitrogen and oxygen atoms in total. The molecule has 0 amide bonds. The summed E-state index contributed by atoms with van der Waals surface area (Å²) in [4.78, 5) is 12.6. The number of carbonyl (C=O) groups excluding carboxylic acids is 1. The summed E-state index contributed by atoms with van der Waals surface area (Å²) in [6, 6.07) is 1.66. The summed E-state index contributed by atoms with van der Waals surface area (Å²) in [5, 5.41) is 0. The first-order valence-electron chi connectivity index (χ1n) is 4.48. The first kappa shape index (κ1) is 14.2. The lowest BCUT2D eigenvalue weighted by Gasteiger charge is -2.16. The van der Waals surface area contributed by atoms with Crippen molar-refractivity contribution in [1.29, 1.82) is 0 Å². The van der Waals surface area contributed by atoms with E-state index >= 15 is 0 Å². The molecule has 18 heavy (non-hydrogen) atoms. The van der Waals surface area contributed by atoms with E-state index in [1.54, 1.807) is 0 Å². The third-order valence-corrected chi connectivity index (χ3v) is 2.09. The van der Waals surface area contributed by atoms with Crippen LogP contribution in [0.1, 0.15) is 16.7 Å². The van der Waals surface area contributed by atoms with Crippen LogP contribution < -0.4 is 0 Å². The summed E-state index contributed by atoms with van der Waals surface area (Å²) in [5.74, 6) is 0. The van der Waals surface area contributed by atoms with E-state index in [4.69, 9.17) is 0 Å². The van der Waals surface area contributed by atoms with Gasteiger partial charge >= 0.3 is 12.4 Å². The molecule has 0 aliphatic rings. The van der Waals surface area contributed by atoms with E-state index in [2.05, 4.69) is 4.99 Å². The zero-order valence-electron chi connectivity index (χ0n) is 8.56. The maximum absolute atomic E-state index is 12.5. The van der Waals surface area contributed by atoms with Gasteiger partial charge in [0.2, 0.25) is 6.08 Å². The molecule has 0 radical (unpaired) electrons. The summed E-state index contributed by atoms with van der Waals surface area (Å²) in [7, 11) is 0. The van der Waals surface area contributed by atoms with Gasteiger partial charge in [-0.25, -0.2) is 9.79 Å². The van der Waals surface area contributed by atoms with E-state index in [-0.39, 0.29) is 0 Å². The molecular formula is C10H5F6NO. The zero-order chi connectivity index (χ0) is 14.0. The molecule has 8 heteroatoms. The quantitative estimate of drug-likeness (QED) is 0.458. The van der Waals surface area contributed by atoms with Crippen molar-refractivity contribution in [3.63, 3.8) is 0 Å². The monoisotopic (exact) mass is 269 g/mol. The highest BCUT2D eigenvalue weighted by atomic mass is 19.4. The Balaban J connectivity index is 3.49. The Morgan fingerprint density at radius 2 is 1.44 bits per heavy atom. The van der Waals surface area contributed by atoms with Gasteiger partial charge in [-0.2, -0.15) is 26.3 Å². The van der Waals surface area contributed by atoms with Crippen LogP contribution in [0.2, 0.25) is 0 Å². The Morgan fingerprint density at radius 3 is 1.78 bits per heavy atom. The van der Waals surface area contributed by atoms with Crippen LogP contribution in [0.25, 0.3) is 0 Å². The largest absolute Gasteiger partial charge is 0.416 e. The highest BCUT2D eigenvalue weighted by molar-refractivity contribution is 5.41. The minimum Gasteiger partial charge on any atom is -0.211 e. The van der Waals surface area contributed by atoms with Crippen molar-refractivity contribution in [2.45, 2.75) is 18.9 Å². The maximum Gasteiger partial charge on any atom is 0.416 e. The van der Waals surface area contributed by atoms with Crippen molar-refractivity contribution in [3.05, 3.63) is 34.9 Å². The lowest BCUT2D eigenvalue weighted by atomic mass is 10.00. The lowest BCUT2D eigenvalue weighted by Crippen LogP contribution is -2.16. The van der Waals surface area contributed by atoms with Crippen molar-refractivity contribution in [1.82, 2.24) is 0 Å². The Hall–Kier alpha value is -1.82. The number of benzene rings is 1. The molecule has 0 N–H and O–H groups in total. The van der Waals surface area contributed by atoms with Crippen molar-refractivity contribution < 1.29 is 31.1 Å². The van der Waals surface area contributed by atoms with Gasteiger partial charge in [-0.05, 0) is 17.7 Å². The predicted octanol–water partition coefficient (Wildman–Crippen LogP) is 3.56. The van der Waals surface area contributed by atoms with Crippen LogP contribution in [0.5, 0.6) is 0 Å². The van der Waals surface area contributed by atoms with Crippen LogP contribution in [0.4, 0.5) is 26.3 Å². The number of hydrogen-bond acceptors (Lipinski definition) is 2. The summed E-state index contributed by atoms with van der Waals surface area (Å²) >= 11 is 0. The van der Waals surface area contributed by atoms with Crippen LogP contribution in [0.3, 0.4) is 0 Å². The van der Waals surface area contributed by atoms with Crippen LogP contribution in [0, 0.1) is 0 Å². The summed E-state index contributed by atoms with van der Waals surface area (Å²) in [6.07, 6.45) is -8.98.